The Bertz CT molecular complexity index is 842. The molecule has 0 aliphatic carbocycles. The third kappa shape index (κ3) is 2.63. The Labute approximate surface area is 124 Å². The third-order valence-electron chi connectivity index (χ3n) is 2.94. The van der Waals surface area contributed by atoms with E-state index in [0.29, 0.717) is 16.6 Å². The van der Waals surface area contributed by atoms with Crippen LogP contribution in [0.2, 0.25) is 0 Å². The molecule has 0 spiro atoms. The molecule has 21 heavy (non-hydrogen) atoms. The Hall–Kier alpha value is -2.67. The van der Waals surface area contributed by atoms with Gasteiger partial charge in [0.05, 0.1) is 27.7 Å². The zero-order chi connectivity index (χ0) is 15.0. The number of hydrogen-bond acceptors (Lipinski definition) is 6. The van der Waals surface area contributed by atoms with Gasteiger partial charge in [-0.2, -0.15) is 0 Å². The number of benzene rings is 1. The maximum absolute atomic E-state index is 11.5. The van der Waals surface area contributed by atoms with E-state index in [9.17, 15) is 4.79 Å². The lowest BCUT2D eigenvalue weighted by molar-refractivity contribution is 0.100. The molecule has 0 atom stereocenters. The number of aryl methyl sites for hydroxylation is 1. The first kappa shape index (κ1) is 13.3. The number of nitrogens with one attached hydrogen (secondary N) is 1. The van der Waals surface area contributed by atoms with Gasteiger partial charge in [-0.25, -0.2) is 9.97 Å². The summed E-state index contributed by atoms with van der Waals surface area (Å²) in [6.45, 7) is 2.03. The topological polar surface area (TPSA) is 107 Å². The van der Waals surface area contributed by atoms with Gasteiger partial charge in [0, 0.05) is 0 Å². The normalized spacial score (nSPS) is 10.7. The number of aromatic nitrogens is 2. The molecule has 0 bridgehead atoms. The number of rotatable bonds is 3. The summed E-state index contributed by atoms with van der Waals surface area (Å²) < 4.78 is 1.06. The van der Waals surface area contributed by atoms with Crippen LogP contribution in [0.3, 0.4) is 0 Å². The molecule has 7 heteroatoms. The summed E-state index contributed by atoms with van der Waals surface area (Å²) in [7, 11) is 0. The summed E-state index contributed by atoms with van der Waals surface area (Å²) in [6.07, 6.45) is 1.46. The van der Waals surface area contributed by atoms with E-state index >= 15 is 0 Å². The van der Waals surface area contributed by atoms with E-state index < -0.39 is 5.91 Å². The maximum Gasteiger partial charge on any atom is 0.252 e. The quantitative estimate of drug-likeness (QED) is 0.688. The molecular formula is C14H13N5OS. The smallest absolute Gasteiger partial charge is 0.252 e. The highest BCUT2D eigenvalue weighted by Crippen LogP contribution is 2.29. The summed E-state index contributed by atoms with van der Waals surface area (Å²) in [4.78, 5) is 20.0. The molecule has 1 amide bonds. The van der Waals surface area contributed by atoms with Gasteiger partial charge in [-0.05, 0) is 30.7 Å². The van der Waals surface area contributed by atoms with E-state index in [1.165, 1.54) is 29.2 Å². The van der Waals surface area contributed by atoms with Crippen LogP contribution >= 0.6 is 11.3 Å². The SMILES string of the molecule is Cc1ccc2nc(Nc3ncc(N)cc3C(N)=O)sc2c1. The molecule has 0 aliphatic rings. The number of carbonyl (C=O) groups excluding carboxylic acids is 1. The average Bonchev–Trinajstić information content (AvgIpc) is 2.82. The van der Waals surface area contributed by atoms with Crippen LogP contribution in [0.1, 0.15) is 15.9 Å². The van der Waals surface area contributed by atoms with Crippen LogP contribution in [-0.4, -0.2) is 15.9 Å². The second-order valence-electron chi connectivity index (χ2n) is 4.64. The van der Waals surface area contributed by atoms with Crippen molar-refractivity contribution in [1.29, 1.82) is 0 Å². The number of nitrogens with two attached hydrogens (primary N) is 2. The average molecular weight is 299 g/mol. The zero-order valence-electron chi connectivity index (χ0n) is 11.3. The molecule has 2 aromatic heterocycles. The molecule has 0 saturated carbocycles. The molecule has 6 nitrogen and oxygen atoms in total. The van der Waals surface area contributed by atoms with Crippen LogP contribution in [0.4, 0.5) is 16.6 Å². The van der Waals surface area contributed by atoms with Gasteiger partial charge in [0.15, 0.2) is 5.13 Å². The van der Waals surface area contributed by atoms with Crippen molar-refractivity contribution in [2.75, 3.05) is 11.1 Å². The Morgan fingerprint density at radius 1 is 1.33 bits per heavy atom. The van der Waals surface area contributed by atoms with E-state index in [1.807, 2.05) is 19.1 Å². The number of thiazole rings is 1. The lowest BCUT2D eigenvalue weighted by Gasteiger charge is -2.06. The van der Waals surface area contributed by atoms with Crippen molar-refractivity contribution in [3.8, 4) is 0 Å². The van der Waals surface area contributed by atoms with Gasteiger partial charge in [0.25, 0.3) is 5.91 Å². The Balaban J connectivity index is 2.00. The van der Waals surface area contributed by atoms with Gasteiger partial charge in [0.2, 0.25) is 0 Å². The molecule has 0 saturated heterocycles. The lowest BCUT2D eigenvalue weighted by Crippen LogP contribution is -2.14. The summed E-state index contributed by atoms with van der Waals surface area (Å²) in [5.41, 5.74) is 13.7. The number of hydrogen-bond donors (Lipinski definition) is 3. The molecule has 5 N–H and O–H groups in total. The van der Waals surface area contributed by atoms with Gasteiger partial charge in [-0.3, -0.25) is 4.79 Å². The molecule has 0 unspecified atom stereocenters. The molecule has 1 aromatic carbocycles. The highest BCUT2D eigenvalue weighted by atomic mass is 32.1. The maximum atomic E-state index is 11.5. The molecule has 0 aliphatic heterocycles. The van der Waals surface area contributed by atoms with E-state index in [2.05, 4.69) is 21.4 Å². The second kappa shape index (κ2) is 5.02. The zero-order valence-corrected chi connectivity index (χ0v) is 12.1. The van der Waals surface area contributed by atoms with Crippen LogP contribution in [0.15, 0.2) is 30.5 Å². The van der Waals surface area contributed by atoms with Crippen molar-refractivity contribution in [3.63, 3.8) is 0 Å². The number of nitrogen functional groups attached to an aromatic ring is 1. The van der Waals surface area contributed by atoms with Gasteiger partial charge in [-0.1, -0.05) is 17.4 Å². The monoisotopic (exact) mass is 299 g/mol. The molecular weight excluding hydrogens is 286 g/mol. The molecule has 2 heterocycles. The van der Waals surface area contributed by atoms with Crippen molar-refractivity contribution in [1.82, 2.24) is 9.97 Å². The van der Waals surface area contributed by atoms with E-state index in [0.717, 1.165) is 10.2 Å². The minimum atomic E-state index is -0.589. The first-order valence-electron chi connectivity index (χ1n) is 6.22. The summed E-state index contributed by atoms with van der Waals surface area (Å²) in [5.74, 6) is -0.235. The number of nitrogens with zero attached hydrogens (tertiary/aromatic N) is 2. The number of pyridine rings is 1. The Morgan fingerprint density at radius 2 is 2.14 bits per heavy atom. The first-order chi connectivity index (χ1) is 10.0. The molecule has 3 aromatic rings. The Kier molecular flexibility index (Phi) is 3.19. The fraction of sp³-hybridized carbons (Fsp3) is 0.0714. The Morgan fingerprint density at radius 3 is 2.90 bits per heavy atom. The fourth-order valence-corrected chi connectivity index (χ4v) is 2.92. The van der Waals surface area contributed by atoms with Crippen molar-refractivity contribution in [2.24, 2.45) is 5.73 Å². The van der Waals surface area contributed by atoms with Gasteiger partial charge >= 0.3 is 0 Å². The number of fused-ring (bicyclic) bond motifs is 1. The minimum absolute atomic E-state index is 0.241. The highest BCUT2D eigenvalue weighted by molar-refractivity contribution is 7.22. The summed E-state index contributed by atoms with van der Waals surface area (Å²) >= 11 is 1.49. The predicted octanol–water partition coefficient (Wildman–Crippen LogP) is 2.42. The van der Waals surface area contributed by atoms with Crippen molar-refractivity contribution in [2.45, 2.75) is 6.92 Å². The van der Waals surface area contributed by atoms with Crippen LogP contribution < -0.4 is 16.8 Å². The first-order valence-corrected chi connectivity index (χ1v) is 7.04. The van der Waals surface area contributed by atoms with Gasteiger partial charge in [-0.15, -0.1) is 0 Å². The minimum Gasteiger partial charge on any atom is -0.397 e. The molecule has 0 fully saturated rings. The lowest BCUT2D eigenvalue weighted by atomic mass is 10.2. The van der Waals surface area contributed by atoms with E-state index in [-0.39, 0.29) is 5.56 Å². The highest BCUT2D eigenvalue weighted by Gasteiger charge is 2.12. The van der Waals surface area contributed by atoms with Crippen molar-refractivity contribution in [3.05, 3.63) is 41.6 Å². The number of primary amides is 1. The van der Waals surface area contributed by atoms with Crippen LogP contribution in [0.5, 0.6) is 0 Å². The molecule has 3 rings (SSSR count). The summed E-state index contributed by atoms with van der Waals surface area (Å²) in [5, 5.41) is 3.68. The largest absolute Gasteiger partial charge is 0.397 e. The van der Waals surface area contributed by atoms with E-state index in [1.54, 1.807) is 0 Å². The number of carbonyl (C=O) groups is 1. The molecule has 106 valence electrons. The number of amides is 1. The predicted molar refractivity (Wildman–Crippen MR) is 84.8 cm³/mol. The molecule has 0 radical (unpaired) electrons. The van der Waals surface area contributed by atoms with Crippen LogP contribution in [-0.2, 0) is 0 Å². The third-order valence-corrected chi connectivity index (χ3v) is 3.88. The standard InChI is InChI=1S/C14H13N5OS/c1-7-2-3-10-11(4-7)21-14(18-10)19-13-9(12(16)20)5-8(15)6-17-13/h2-6H,15H2,1H3,(H2,16,20)(H,17,18,19). The second-order valence-corrected chi connectivity index (χ2v) is 5.67. The van der Waals surface area contributed by atoms with Crippen molar-refractivity contribution >= 4 is 44.1 Å². The van der Waals surface area contributed by atoms with Crippen LogP contribution in [0, 0.1) is 6.92 Å². The van der Waals surface area contributed by atoms with Crippen LogP contribution in [0.25, 0.3) is 10.2 Å². The van der Waals surface area contributed by atoms with Gasteiger partial charge in [0.1, 0.15) is 5.82 Å². The fourth-order valence-electron chi connectivity index (χ4n) is 1.95. The summed E-state index contributed by atoms with van der Waals surface area (Å²) in [6, 6.07) is 7.51. The van der Waals surface area contributed by atoms with Crippen molar-refractivity contribution < 1.29 is 4.79 Å². The number of anilines is 3. The van der Waals surface area contributed by atoms with Gasteiger partial charge < -0.3 is 16.8 Å². The van der Waals surface area contributed by atoms with E-state index in [4.69, 9.17) is 11.5 Å².